The van der Waals surface area contributed by atoms with Crippen LogP contribution in [0.3, 0.4) is 0 Å². The van der Waals surface area contributed by atoms with E-state index in [1.165, 1.54) is 0 Å². The number of amides is 1. The number of nitrogens with two attached hydrogens (primary N) is 1. The van der Waals surface area contributed by atoms with Gasteiger partial charge in [0, 0.05) is 19.1 Å². The third-order valence-electron chi connectivity index (χ3n) is 4.86. The standard InChI is InChI=1S/C14H26N2O2/c1-8-5-6-16(7-12(8)15)14(17)13-9(2)10(3)18-11(13)4/h8-13H,5-7,15H2,1-4H3. The second-order valence-electron chi connectivity index (χ2n) is 6.15. The van der Waals surface area contributed by atoms with E-state index in [0.717, 1.165) is 13.0 Å². The fraction of sp³-hybridized carbons (Fsp3) is 0.929. The van der Waals surface area contributed by atoms with Crippen LogP contribution in [0.5, 0.6) is 0 Å². The Kier molecular flexibility index (Phi) is 3.97. The minimum absolute atomic E-state index is 0.000561. The van der Waals surface area contributed by atoms with Crippen molar-refractivity contribution < 1.29 is 9.53 Å². The summed E-state index contributed by atoms with van der Waals surface area (Å²) in [5.74, 6) is 1.05. The average molecular weight is 254 g/mol. The molecule has 4 heteroatoms. The molecular formula is C14H26N2O2. The molecule has 0 aromatic rings. The lowest BCUT2D eigenvalue weighted by Crippen LogP contribution is -2.52. The Balaban J connectivity index is 2.03. The second-order valence-corrected chi connectivity index (χ2v) is 6.15. The molecule has 2 heterocycles. The van der Waals surface area contributed by atoms with E-state index in [1.54, 1.807) is 0 Å². The molecule has 4 nitrogen and oxygen atoms in total. The van der Waals surface area contributed by atoms with E-state index in [1.807, 2.05) is 11.8 Å². The van der Waals surface area contributed by atoms with Gasteiger partial charge in [0.1, 0.15) is 0 Å². The van der Waals surface area contributed by atoms with Crippen LogP contribution in [-0.4, -0.2) is 42.1 Å². The van der Waals surface area contributed by atoms with Crippen LogP contribution in [-0.2, 0) is 9.53 Å². The molecule has 0 radical (unpaired) electrons. The van der Waals surface area contributed by atoms with Gasteiger partial charge >= 0.3 is 0 Å². The van der Waals surface area contributed by atoms with Gasteiger partial charge in [-0.1, -0.05) is 13.8 Å². The van der Waals surface area contributed by atoms with E-state index in [-0.39, 0.29) is 30.1 Å². The maximum atomic E-state index is 12.6. The number of likely N-dealkylation sites (tertiary alicyclic amines) is 1. The Labute approximate surface area is 110 Å². The Morgan fingerprint density at radius 1 is 1.22 bits per heavy atom. The highest BCUT2D eigenvalue weighted by Gasteiger charge is 2.44. The van der Waals surface area contributed by atoms with Crippen molar-refractivity contribution in [1.82, 2.24) is 4.90 Å². The summed E-state index contributed by atoms with van der Waals surface area (Å²) >= 11 is 0. The molecule has 0 aliphatic carbocycles. The van der Waals surface area contributed by atoms with Crippen molar-refractivity contribution in [2.75, 3.05) is 13.1 Å². The largest absolute Gasteiger partial charge is 0.374 e. The number of nitrogens with zero attached hydrogens (tertiary/aromatic N) is 1. The molecule has 2 fully saturated rings. The van der Waals surface area contributed by atoms with Crippen molar-refractivity contribution in [3.05, 3.63) is 0 Å². The Hall–Kier alpha value is -0.610. The predicted molar refractivity (Wildman–Crippen MR) is 71.0 cm³/mol. The van der Waals surface area contributed by atoms with Crippen molar-refractivity contribution in [3.63, 3.8) is 0 Å². The first-order valence-corrected chi connectivity index (χ1v) is 7.11. The number of carbonyl (C=O) groups excluding carboxylic acids is 1. The minimum atomic E-state index is 0.000561. The van der Waals surface area contributed by atoms with E-state index < -0.39 is 0 Å². The Bertz CT molecular complexity index is 321. The smallest absolute Gasteiger partial charge is 0.228 e. The summed E-state index contributed by atoms with van der Waals surface area (Å²) in [6.45, 7) is 9.89. The summed E-state index contributed by atoms with van der Waals surface area (Å²) in [5.41, 5.74) is 6.08. The van der Waals surface area contributed by atoms with Gasteiger partial charge in [0.25, 0.3) is 0 Å². The molecular weight excluding hydrogens is 228 g/mol. The third-order valence-corrected chi connectivity index (χ3v) is 4.86. The van der Waals surface area contributed by atoms with Gasteiger partial charge in [-0.3, -0.25) is 4.79 Å². The number of hydrogen-bond donors (Lipinski definition) is 1. The van der Waals surface area contributed by atoms with Gasteiger partial charge in [-0.2, -0.15) is 0 Å². The first-order chi connectivity index (χ1) is 8.41. The zero-order valence-corrected chi connectivity index (χ0v) is 11.9. The van der Waals surface area contributed by atoms with Crippen LogP contribution in [0.4, 0.5) is 0 Å². The fourth-order valence-corrected chi connectivity index (χ4v) is 3.20. The normalized spacial score (nSPS) is 45.3. The van der Waals surface area contributed by atoms with Crippen LogP contribution in [0.2, 0.25) is 0 Å². The van der Waals surface area contributed by atoms with Crippen LogP contribution < -0.4 is 5.73 Å². The first-order valence-electron chi connectivity index (χ1n) is 7.11. The zero-order valence-electron chi connectivity index (χ0n) is 11.9. The molecule has 18 heavy (non-hydrogen) atoms. The minimum Gasteiger partial charge on any atom is -0.374 e. The van der Waals surface area contributed by atoms with Crippen LogP contribution in [0.25, 0.3) is 0 Å². The summed E-state index contributed by atoms with van der Waals surface area (Å²) in [6, 6.07) is 0.119. The van der Waals surface area contributed by atoms with Gasteiger partial charge in [0.2, 0.25) is 5.91 Å². The first kappa shape index (κ1) is 13.8. The highest BCUT2D eigenvalue weighted by atomic mass is 16.5. The molecule has 0 bridgehead atoms. The van der Waals surface area contributed by atoms with Crippen LogP contribution in [0.1, 0.15) is 34.1 Å². The van der Waals surface area contributed by atoms with E-state index in [2.05, 4.69) is 20.8 Å². The lowest BCUT2D eigenvalue weighted by Gasteiger charge is -2.37. The van der Waals surface area contributed by atoms with Gasteiger partial charge in [-0.05, 0) is 32.1 Å². The van der Waals surface area contributed by atoms with E-state index >= 15 is 0 Å². The number of rotatable bonds is 1. The molecule has 2 aliphatic rings. The Morgan fingerprint density at radius 2 is 1.89 bits per heavy atom. The van der Waals surface area contributed by atoms with Gasteiger partial charge in [-0.15, -0.1) is 0 Å². The van der Waals surface area contributed by atoms with Crippen LogP contribution >= 0.6 is 0 Å². The number of carbonyl (C=O) groups is 1. The quantitative estimate of drug-likeness (QED) is 0.766. The summed E-state index contributed by atoms with van der Waals surface area (Å²) in [6.07, 6.45) is 1.21. The molecule has 2 saturated heterocycles. The van der Waals surface area contributed by atoms with Crippen LogP contribution in [0, 0.1) is 17.8 Å². The molecule has 1 amide bonds. The zero-order chi connectivity index (χ0) is 13.4. The van der Waals surface area contributed by atoms with Crippen molar-refractivity contribution >= 4 is 5.91 Å². The lowest BCUT2D eigenvalue weighted by atomic mass is 9.86. The van der Waals surface area contributed by atoms with Crippen molar-refractivity contribution in [2.24, 2.45) is 23.5 Å². The number of ether oxygens (including phenoxy) is 1. The fourth-order valence-electron chi connectivity index (χ4n) is 3.20. The number of hydrogen-bond acceptors (Lipinski definition) is 3. The maximum absolute atomic E-state index is 12.6. The SMILES string of the molecule is CC1CCN(C(=O)C2C(C)OC(C)C2C)CC1N. The highest BCUT2D eigenvalue weighted by Crippen LogP contribution is 2.34. The molecule has 0 aromatic carbocycles. The van der Waals surface area contributed by atoms with E-state index in [9.17, 15) is 4.79 Å². The molecule has 0 spiro atoms. The van der Waals surface area contributed by atoms with E-state index in [4.69, 9.17) is 10.5 Å². The molecule has 6 atom stereocenters. The molecule has 104 valence electrons. The summed E-state index contributed by atoms with van der Waals surface area (Å²) in [7, 11) is 0. The monoisotopic (exact) mass is 254 g/mol. The van der Waals surface area contributed by atoms with Crippen molar-refractivity contribution in [3.8, 4) is 0 Å². The second kappa shape index (κ2) is 5.17. The van der Waals surface area contributed by atoms with Gasteiger partial charge in [0.05, 0.1) is 18.1 Å². The Morgan fingerprint density at radius 3 is 2.39 bits per heavy atom. The summed E-state index contributed by atoms with van der Waals surface area (Å²) < 4.78 is 5.77. The molecule has 0 aromatic heterocycles. The number of piperidine rings is 1. The lowest BCUT2D eigenvalue weighted by molar-refractivity contribution is -0.139. The predicted octanol–water partition coefficient (Wildman–Crippen LogP) is 1.24. The van der Waals surface area contributed by atoms with Gasteiger partial charge in [0.15, 0.2) is 0 Å². The topological polar surface area (TPSA) is 55.6 Å². The molecule has 2 aliphatic heterocycles. The van der Waals surface area contributed by atoms with Crippen molar-refractivity contribution in [2.45, 2.75) is 52.4 Å². The maximum Gasteiger partial charge on any atom is 0.228 e. The molecule has 6 unspecified atom stereocenters. The van der Waals surface area contributed by atoms with Crippen molar-refractivity contribution in [1.29, 1.82) is 0 Å². The molecule has 2 rings (SSSR count). The molecule has 0 saturated carbocycles. The summed E-state index contributed by atoms with van der Waals surface area (Å²) in [4.78, 5) is 14.6. The van der Waals surface area contributed by atoms with Gasteiger partial charge in [-0.25, -0.2) is 0 Å². The average Bonchev–Trinajstić information content (AvgIpc) is 2.56. The van der Waals surface area contributed by atoms with E-state index in [0.29, 0.717) is 18.4 Å². The third kappa shape index (κ3) is 2.41. The van der Waals surface area contributed by atoms with Crippen LogP contribution in [0.15, 0.2) is 0 Å². The molecule has 2 N–H and O–H groups in total. The van der Waals surface area contributed by atoms with Gasteiger partial charge < -0.3 is 15.4 Å². The highest BCUT2D eigenvalue weighted by molar-refractivity contribution is 5.80. The summed E-state index contributed by atoms with van der Waals surface area (Å²) in [5, 5.41) is 0.